The minimum atomic E-state index is -0.836. The highest BCUT2D eigenvalue weighted by atomic mass is 16.3. The molecule has 3 aromatic rings. The number of nitrogens with zero attached hydrogens (tertiary/aromatic N) is 1. The molecule has 0 aliphatic rings. The molecule has 0 saturated heterocycles. The van der Waals surface area contributed by atoms with E-state index in [0.29, 0.717) is 16.8 Å². The smallest absolute Gasteiger partial charge is 0.296 e. The van der Waals surface area contributed by atoms with Crippen molar-refractivity contribution < 1.29 is 14.7 Å². The number of anilines is 1. The van der Waals surface area contributed by atoms with Crippen LogP contribution in [0.5, 0.6) is 0 Å². The second-order valence-corrected chi connectivity index (χ2v) is 5.09. The third-order valence-electron chi connectivity index (χ3n) is 3.46. The van der Waals surface area contributed by atoms with Crippen LogP contribution in [0.2, 0.25) is 0 Å². The third-order valence-corrected chi connectivity index (χ3v) is 3.46. The molecule has 0 unspecified atom stereocenters. The Balaban J connectivity index is 1.80. The molecule has 1 heterocycles. The number of carbonyl (C=O) groups is 2. The van der Waals surface area contributed by atoms with Gasteiger partial charge in [0.05, 0.1) is 11.2 Å². The van der Waals surface area contributed by atoms with Crippen LogP contribution in [-0.2, 0) is 9.59 Å². The minimum Gasteiger partial charge on any atom is -0.507 e. The molecule has 24 heavy (non-hydrogen) atoms. The van der Waals surface area contributed by atoms with E-state index in [-0.39, 0.29) is 5.76 Å². The third kappa shape index (κ3) is 3.30. The van der Waals surface area contributed by atoms with Gasteiger partial charge in [0.15, 0.2) is 0 Å². The zero-order valence-electron chi connectivity index (χ0n) is 12.6. The number of nitrogens with one attached hydrogen (secondary N) is 1. The standard InChI is InChI=1S/C19H14N2O3/c22-17(13-6-2-1-3-7-13)12-18(23)19(24)21-16-10-4-9-15-14(16)8-5-11-20-15/h1-12,22H,(H,21,24)/b17-12-. The SMILES string of the molecule is O=C(/C=C(\O)c1ccccc1)C(=O)Nc1cccc2ncccc12. The van der Waals surface area contributed by atoms with Gasteiger partial charge in [0.2, 0.25) is 5.78 Å². The maximum Gasteiger partial charge on any atom is 0.296 e. The second-order valence-electron chi connectivity index (χ2n) is 5.09. The van der Waals surface area contributed by atoms with Gasteiger partial charge in [-0.1, -0.05) is 36.4 Å². The fraction of sp³-hybridized carbons (Fsp3) is 0. The maximum atomic E-state index is 12.1. The normalized spacial score (nSPS) is 11.2. The number of pyridine rings is 1. The Labute approximate surface area is 138 Å². The van der Waals surface area contributed by atoms with Crippen LogP contribution in [0.25, 0.3) is 16.7 Å². The topological polar surface area (TPSA) is 79.3 Å². The first-order valence-electron chi connectivity index (χ1n) is 7.30. The molecular formula is C19H14N2O3. The maximum absolute atomic E-state index is 12.1. The molecule has 0 spiro atoms. The van der Waals surface area contributed by atoms with Crippen LogP contribution in [0.15, 0.2) is 72.9 Å². The molecule has 1 amide bonds. The number of carbonyl (C=O) groups excluding carboxylic acids is 2. The molecule has 2 N–H and O–H groups in total. The Bertz CT molecular complexity index is 928. The van der Waals surface area contributed by atoms with Gasteiger partial charge in [-0.25, -0.2) is 0 Å². The lowest BCUT2D eigenvalue weighted by Crippen LogP contribution is -2.21. The Kier molecular flexibility index (Phi) is 4.34. The molecular weight excluding hydrogens is 304 g/mol. The Hall–Kier alpha value is -3.47. The van der Waals surface area contributed by atoms with Gasteiger partial charge in [-0.3, -0.25) is 14.6 Å². The van der Waals surface area contributed by atoms with E-state index in [0.717, 1.165) is 11.5 Å². The summed E-state index contributed by atoms with van der Waals surface area (Å²) in [5.41, 5.74) is 1.67. The predicted molar refractivity (Wildman–Crippen MR) is 92.4 cm³/mol. The van der Waals surface area contributed by atoms with E-state index in [1.807, 2.05) is 6.07 Å². The minimum absolute atomic E-state index is 0.254. The van der Waals surface area contributed by atoms with Gasteiger partial charge in [-0.2, -0.15) is 0 Å². The van der Waals surface area contributed by atoms with E-state index >= 15 is 0 Å². The van der Waals surface area contributed by atoms with Crippen LogP contribution in [0.4, 0.5) is 5.69 Å². The van der Waals surface area contributed by atoms with E-state index in [1.165, 1.54) is 0 Å². The zero-order chi connectivity index (χ0) is 16.9. The molecule has 0 aliphatic heterocycles. The number of aliphatic hydroxyl groups excluding tert-OH is 1. The lowest BCUT2D eigenvalue weighted by atomic mass is 10.1. The monoisotopic (exact) mass is 318 g/mol. The second kappa shape index (κ2) is 6.75. The van der Waals surface area contributed by atoms with Crippen molar-refractivity contribution in [2.45, 2.75) is 0 Å². The van der Waals surface area contributed by atoms with Gasteiger partial charge in [0, 0.05) is 23.2 Å². The molecule has 0 aliphatic carbocycles. The van der Waals surface area contributed by atoms with Gasteiger partial charge in [0.1, 0.15) is 5.76 Å². The average molecular weight is 318 g/mol. The number of ketones is 1. The highest BCUT2D eigenvalue weighted by Crippen LogP contribution is 2.21. The van der Waals surface area contributed by atoms with Crippen molar-refractivity contribution >= 4 is 34.0 Å². The summed E-state index contributed by atoms with van der Waals surface area (Å²) in [5.74, 6) is -1.92. The molecule has 0 saturated carbocycles. The summed E-state index contributed by atoms with van der Waals surface area (Å²) in [6.07, 6.45) is 2.56. The summed E-state index contributed by atoms with van der Waals surface area (Å²) in [7, 11) is 0. The molecule has 3 rings (SSSR count). The summed E-state index contributed by atoms with van der Waals surface area (Å²) >= 11 is 0. The van der Waals surface area contributed by atoms with Crippen molar-refractivity contribution in [3.63, 3.8) is 0 Å². The van der Waals surface area contributed by atoms with Crippen LogP contribution in [0.3, 0.4) is 0 Å². The van der Waals surface area contributed by atoms with Gasteiger partial charge in [-0.05, 0) is 24.3 Å². The number of aliphatic hydroxyl groups is 1. The quantitative estimate of drug-likeness (QED) is 0.439. The first kappa shape index (κ1) is 15.4. The highest BCUT2D eigenvalue weighted by molar-refractivity contribution is 6.45. The van der Waals surface area contributed by atoms with Gasteiger partial charge in [0.25, 0.3) is 5.91 Å². The van der Waals surface area contributed by atoms with Crippen LogP contribution in [0.1, 0.15) is 5.56 Å². The fourth-order valence-corrected chi connectivity index (χ4v) is 2.28. The molecule has 0 fully saturated rings. The molecule has 0 radical (unpaired) electrons. The largest absolute Gasteiger partial charge is 0.507 e. The van der Waals surface area contributed by atoms with Crippen LogP contribution in [-0.4, -0.2) is 21.8 Å². The fourth-order valence-electron chi connectivity index (χ4n) is 2.28. The lowest BCUT2D eigenvalue weighted by Gasteiger charge is -2.06. The Morgan fingerprint density at radius 2 is 1.75 bits per heavy atom. The number of aromatic nitrogens is 1. The summed E-state index contributed by atoms with van der Waals surface area (Å²) in [6, 6.07) is 17.3. The number of rotatable bonds is 4. The number of fused-ring (bicyclic) bond motifs is 1. The van der Waals surface area contributed by atoms with E-state index in [9.17, 15) is 14.7 Å². The molecule has 1 aromatic heterocycles. The summed E-state index contributed by atoms with van der Waals surface area (Å²) in [6.45, 7) is 0. The van der Waals surface area contributed by atoms with E-state index in [2.05, 4.69) is 10.3 Å². The Morgan fingerprint density at radius 3 is 2.54 bits per heavy atom. The zero-order valence-corrected chi connectivity index (χ0v) is 12.6. The first-order chi connectivity index (χ1) is 11.6. The first-order valence-corrected chi connectivity index (χ1v) is 7.30. The van der Waals surface area contributed by atoms with Gasteiger partial charge < -0.3 is 10.4 Å². The number of hydrogen-bond acceptors (Lipinski definition) is 4. The number of amides is 1. The van der Waals surface area contributed by atoms with Crippen molar-refractivity contribution in [1.82, 2.24) is 4.98 Å². The van der Waals surface area contributed by atoms with Crippen molar-refractivity contribution in [2.75, 3.05) is 5.32 Å². The van der Waals surface area contributed by atoms with E-state index < -0.39 is 11.7 Å². The summed E-state index contributed by atoms with van der Waals surface area (Å²) < 4.78 is 0. The van der Waals surface area contributed by atoms with Gasteiger partial charge >= 0.3 is 0 Å². The summed E-state index contributed by atoms with van der Waals surface area (Å²) in [5, 5.41) is 13.2. The molecule has 0 bridgehead atoms. The molecule has 118 valence electrons. The predicted octanol–water partition coefficient (Wildman–Crippen LogP) is 3.34. The van der Waals surface area contributed by atoms with Crippen LogP contribution in [0, 0.1) is 0 Å². The summed E-state index contributed by atoms with van der Waals surface area (Å²) in [4.78, 5) is 28.3. The number of benzene rings is 2. The van der Waals surface area contributed by atoms with Crippen molar-refractivity contribution in [3.8, 4) is 0 Å². The van der Waals surface area contributed by atoms with Gasteiger partial charge in [-0.15, -0.1) is 0 Å². The van der Waals surface area contributed by atoms with Crippen molar-refractivity contribution in [1.29, 1.82) is 0 Å². The average Bonchev–Trinajstić information content (AvgIpc) is 2.62. The number of hydrogen-bond donors (Lipinski definition) is 2. The van der Waals surface area contributed by atoms with Crippen LogP contribution < -0.4 is 5.32 Å². The molecule has 5 heteroatoms. The van der Waals surface area contributed by atoms with Crippen molar-refractivity contribution in [2.24, 2.45) is 0 Å². The van der Waals surface area contributed by atoms with Crippen molar-refractivity contribution in [3.05, 3.63) is 78.5 Å². The van der Waals surface area contributed by atoms with E-state index in [4.69, 9.17) is 0 Å². The molecule has 5 nitrogen and oxygen atoms in total. The molecule has 2 aromatic carbocycles. The highest BCUT2D eigenvalue weighted by Gasteiger charge is 2.14. The van der Waals surface area contributed by atoms with Crippen LogP contribution >= 0.6 is 0 Å². The Morgan fingerprint density at radius 1 is 0.958 bits per heavy atom. The van der Waals surface area contributed by atoms with E-state index in [1.54, 1.807) is 60.8 Å². The molecule has 0 atom stereocenters. The lowest BCUT2D eigenvalue weighted by molar-refractivity contribution is -0.131.